The second kappa shape index (κ2) is 7.11. The molecule has 17 heavy (non-hydrogen) atoms. The minimum atomic E-state index is -2.40. The lowest BCUT2D eigenvalue weighted by Crippen LogP contribution is -2.34. The molecule has 0 aromatic carbocycles. The molecule has 6 heteroatoms. The molecule has 0 saturated heterocycles. The van der Waals surface area contributed by atoms with E-state index in [1.807, 2.05) is 6.92 Å². The van der Waals surface area contributed by atoms with Gasteiger partial charge in [0.1, 0.15) is 12.1 Å². The molecule has 0 aliphatic rings. The lowest BCUT2D eigenvalue weighted by atomic mass is 10.2. The molecule has 0 aliphatic carbocycles. The molecule has 4 nitrogen and oxygen atoms in total. The van der Waals surface area contributed by atoms with Crippen LogP contribution in [0.15, 0.2) is 12.4 Å². The van der Waals surface area contributed by atoms with Crippen molar-refractivity contribution in [3.05, 3.63) is 18.1 Å². The predicted octanol–water partition coefficient (Wildman–Crippen LogP) is 1.46. The lowest BCUT2D eigenvalue weighted by molar-refractivity contribution is 0.154. The fourth-order valence-electron chi connectivity index (χ4n) is 1.57. The molecule has 0 atom stereocenters. The van der Waals surface area contributed by atoms with Crippen LogP contribution in [0.3, 0.4) is 0 Å². The molecular formula is C11H18F2N4. The minimum Gasteiger partial charge on any atom is -0.350 e. The third kappa shape index (κ3) is 4.60. The Morgan fingerprint density at radius 3 is 2.76 bits per heavy atom. The molecule has 2 N–H and O–H groups in total. The first kappa shape index (κ1) is 13.8. The third-order valence-corrected chi connectivity index (χ3v) is 2.30. The van der Waals surface area contributed by atoms with Gasteiger partial charge >= 0.3 is 0 Å². The van der Waals surface area contributed by atoms with Gasteiger partial charge in [-0.25, -0.2) is 18.7 Å². The first-order valence-corrected chi connectivity index (χ1v) is 5.71. The van der Waals surface area contributed by atoms with Gasteiger partial charge in [-0.2, -0.15) is 0 Å². The van der Waals surface area contributed by atoms with E-state index >= 15 is 0 Å². The Bertz CT molecular complexity index is 333. The van der Waals surface area contributed by atoms with Crippen LogP contribution in [0.5, 0.6) is 0 Å². The molecule has 0 saturated carbocycles. The summed E-state index contributed by atoms with van der Waals surface area (Å²) in [5, 5.41) is 0. The van der Waals surface area contributed by atoms with Gasteiger partial charge in [0.2, 0.25) is 0 Å². The molecule has 0 aliphatic heterocycles. The van der Waals surface area contributed by atoms with Gasteiger partial charge in [-0.05, 0) is 6.42 Å². The summed E-state index contributed by atoms with van der Waals surface area (Å²) >= 11 is 0. The number of hydrogen-bond donors (Lipinski definition) is 1. The number of alkyl halides is 2. The number of nitrogens with zero attached hydrogens (tertiary/aromatic N) is 3. The van der Waals surface area contributed by atoms with Crippen LogP contribution < -0.4 is 10.6 Å². The van der Waals surface area contributed by atoms with Crippen LogP contribution in [-0.4, -0.2) is 36.0 Å². The van der Waals surface area contributed by atoms with Crippen molar-refractivity contribution in [3.8, 4) is 0 Å². The summed E-state index contributed by atoms with van der Waals surface area (Å²) in [5.41, 5.74) is 6.28. The van der Waals surface area contributed by atoms with Gasteiger partial charge in [-0.3, -0.25) is 0 Å². The van der Waals surface area contributed by atoms with E-state index in [-0.39, 0.29) is 6.54 Å². The first-order chi connectivity index (χ1) is 8.17. The Labute approximate surface area is 99.9 Å². The predicted molar refractivity (Wildman–Crippen MR) is 63.3 cm³/mol. The van der Waals surface area contributed by atoms with Crippen molar-refractivity contribution >= 4 is 5.82 Å². The molecule has 0 radical (unpaired) electrons. The summed E-state index contributed by atoms with van der Waals surface area (Å²) in [6.07, 6.45) is 0.796. The van der Waals surface area contributed by atoms with Crippen molar-refractivity contribution in [1.29, 1.82) is 0 Å². The molecule has 0 fully saturated rings. The topological polar surface area (TPSA) is 55.0 Å². The SMILES string of the molecule is CCCc1cc(N(CCN)CC(F)F)ncn1. The molecule has 1 aromatic rings. The van der Waals surface area contributed by atoms with Crippen molar-refractivity contribution in [2.75, 3.05) is 24.5 Å². The second-order valence-electron chi connectivity index (χ2n) is 3.74. The van der Waals surface area contributed by atoms with Crippen LogP contribution in [0.25, 0.3) is 0 Å². The van der Waals surface area contributed by atoms with Crippen molar-refractivity contribution in [2.24, 2.45) is 5.73 Å². The van der Waals surface area contributed by atoms with Crippen LogP contribution in [0.2, 0.25) is 0 Å². The minimum absolute atomic E-state index is 0.319. The fraction of sp³-hybridized carbons (Fsp3) is 0.636. The standard InChI is InChI=1S/C11H18F2N4/c1-2-3-9-6-11(16-8-15-9)17(5-4-14)7-10(12)13/h6,8,10H,2-5,7,14H2,1H3. The Kier molecular flexibility index (Phi) is 5.76. The third-order valence-electron chi connectivity index (χ3n) is 2.30. The normalized spacial score (nSPS) is 10.9. The van der Waals surface area contributed by atoms with Gasteiger partial charge < -0.3 is 10.6 Å². The monoisotopic (exact) mass is 244 g/mol. The molecule has 1 heterocycles. The second-order valence-corrected chi connectivity index (χ2v) is 3.74. The zero-order chi connectivity index (χ0) is 12.7. The number of hydrogen-bond acceptors (Lipinski definition) is 4. The van der Waals surface area contributed by atoms with Crippen LogP contribution in [0.1, 0.15) is 19.0 Å². The highest BCUT2D eigenvalue weighted by Gasteiger charge is 2.13. The molecule has 1 aromatic heterocycles. The molecule has 0 spiro atoms. The van der Waals surface area contributed by atoms with E-state index in [2.05, 4.69) is 9.97 Å². The van der Waals surface area contributed by atoms with Gasteiger partial charge in [0.05, 0.1) is 6.54 Å². The molecule has 96 valence electrons. The highest BCUT2D eigenvalue weighted by atomic mass is 19.3. The fourth-order valence-corrected chi connectivity index (χ4v) is 1.57. The van der Waals surface area contributed by atoms with Crippen molar-refractivity contribution < 1.29 is 8.78 Å². The number of halogens is 2. The Morgan fingerprint density at radius 1 is 1.41 bits per heavy atom. The average Bonchev–Trinajstić information content (AvgIpc) is 2.29. The van der Waals surface area contributed by atoms with Crippen molar-refractivity contribution in [3.63, 3.8) is 0 Å². The van der Waals surface area contributed by atoms with Crippen LogP contribution in [-0.2, 0) is 6.42 Å². The summed E-state index contributed by atoms with van der Waals surface area (Å²) in [7, 11) is 0. The highest BCUT2D eigenvalue weighted by Crippen LogP contribution is 2.13. The van der Waals surface area contributed by atoms with E-state index in [1.165, 1.54) is 11.2 Å². The smallest absolute Gasteiger partial charge is 0.255 e. The quantitative estimate of drug-likeness (QED) is 0.789. The largest absolute Gasteiger partial charge is 0.350 e. The highest BCUT2D eigenvalue weighted by molar-refractivity contribution is 5.39. The first-order valence-electron chi connectivity index (χ1n) is 5.71. The number of rotatable bonds is 7. The van der Waals surface area contributed by atoms with Crippen molar-refractivity contribution in [1.82, 2.24) is 9.97 Å². The maximum Gasteiger partial charge on any atom is 0.255 e. The number of aryl methyl sites for hydroxylation is 1. The van der Waals surface area contributed by atoms with E-state index in [4.69, 9.17) is 5.73 Å². The zero-order valence-electron chi connectivity index (χ0n) is 9.94. The van der Waals surface area contributed by atoms with Crippen LogP contribution >= 0.6 is 0 Å². The Morgan fingerprint density at radius 2 is 2.18 bits per heavy atom. The lowest BCUT2D eigenvalue weighted by Gasteiger charge is -2.22. The molecule has 1 rings (SSSR count). The van der Waals surface area contributed by atoms with E-state index in [1.54, 1.807) is 6.07 Å². The number of anilines is 1. The van der Waals surface area contributed by atoms with Gasteiger partial charge in [-0.1, -0.05) is 13.3 Å². The summed E-state index contributed by atoms with van der Waals surface area (Å²) in [4.78, 5) is 9.61. The average molecular weight is 244 g/mol. The van der Waals surface area contributed by atoms with E-state index in [9.17, 15) is 8.78 Å². The Hall–Kier alpha value is -1.30. The molecular weight excluding hydrogens is 226 g/mol. The number of nitrogens with two attached hydrogens (primary N) is 1. The van der Waals surface area contributed by atoms with Gasteiger partial charge in [0.15, 0.2) is 0 Å². The van der Waals surface area contributed by atoms with Crippen LogP contribution in [0.4, 0.5) is 14.6 Å². The number of aromatic nitrogens is 2. The van der Waals surface area contributed by atoms with Crippen LogP contribution in [0, 0.1) is 0 Å². The Balaban J connectivity index is 2.81. The van der Waals surface area contributed by atoms with E-state index in [0.717, 1.165) is 18.5 Å². The van der Waals surface area contributed by atoms with E-state index < -0.39 is 6.43 Å². The molecule has 0 amide bonds. The zero-order valence-corrected chi connectivity index (χ0v) is 9.94. The maximum absolute atomic E-state index is 12.4. The van der Waals surface area contributed by atoms with Crippen molar-refractivity contribution in [2.45, 2.75) is 26.2 Å². The van der Waals surface area contributed by atoms with Gasteiger partial charge in [0.25, 0.3) is 6.43 Å². The van der Waals surface area contributed by atoms with Gasteiger partial charge in [-0.15, -0.1) is 0 Å². The molecule has 0 unspecified atom stereocenters. The van der Waals surface area contributed by atoms with Gasteiger partial charge in [0, 0.05) is 24.8 Å². The molecule has 0 bridgehead atoms. The summed E-state index contributed by atoms with van der Waals surface area (Å²) in [6.45, 7) is 2.38. The summed E-state index contributed by atoms with van der Waals surface area (Å²) in [5.74, 6) is 0.522. The summed E-state index contributed by atoms with van der Waals surface area (Å²) < 4.78 is 24.8. The van der Waals surface area contributed by atoms with E-state index in [0.29, 0.717) is 18.9 Å². The summed E-state index contributed by atoms with van der Waals surface area (Å²) in [6, 6.07) is 1.75. The maximum atomic E-state index is 12.4.